The normalized spacial score (nSPS) is 21.4. The van der Waals surface area contributed by atoms with E-state index in [-0.39, 0.29) is 29.2 Å². The number of aromatic nitrogens is 3. The summed E-state index contributed by atoms with van der Waals surface area (Å²) in [6.07, 6.45) is 8.74. The van der Waals surface area contributed by atoms with E-state index in [1.54, 1.807) is 12.1 Å². The minimum atomic E-state index is -0.231. The standard InChI is InChI=1S/C27H27FN4O/c1-27(10-11-27)31-26(33)19-6-8-22(13-19)32-16-29-15-25(32)18-4-2-17(3-5-18)24-14-20-12-21(28)7-9-23(20)30-24/h2-5,7,9,12,14-16,19,22,30H,6,8,10-11,13H2,1H3,(H,31,33)/t19-,22?/m0/s1. The van der Waals surface area contributed by atoms with Crippen LogP contribution < -0.4 is 5.32 Å². The highest BCUT2D eigenvalue weighted by atomic mass is 19.1. The average Bonchev–Trinajstić information content (AvgIpc) is 3.26. The fourth-order valence-corrected chi connectivity index (χ4v) is 5.06. The Morgan fingerprint density at radius 1 is 1.12 bits per heavy atom. The molecule has 6 rings (SSSR count). The van der Waals surface area contributed by atoms with Crippen LogP contribution in [0, 0.1) is 11.7 Å². The minimum Gasteiger partial charge on any atom is -0.355 e. The van der Waals surface area contributed by atoms with E-state index in [1.165, 1.54) is 6.07 Å². The molecule has 2 N–H and O–H groups in total. The molecule has 0 saturated heterocycles. The number of imidazole rings is 1. The number of halogens is 1. The van der Waals surface area contributed by atoms with E-state index in [4.69, 9.17) is 0 Å². The Morgan fingerprint density at radius 3 is 2.70 bits per heavy atom. The summed E-state index contributed by atoms with van der Waals surface area (Å²) < 4.78 is 15.8. The third-order valence-electron chi connectivity index (χ3n) is 7.33. The van der Waals surface area contributed by atoms with Gasteiger partial charge in [-0.2, -0.15) is 0 Å². The molecule has 168 valence electrons. The third-order valence-corrected chi connectivity index (χ3v) is 7.33. The summed E-state index contributed by atoms with van der Waals surface area (Å²) in [5, 5.41) is 4.09. The summed E-state index contributed by atoms with van der Waals surface area (Å²) >= 11 is 0. The van der Waals surface area contributed by atoms with Crippen LogP contribution in [0.4, 0.5) is 4.39 Å². The molecule has 2 saturated carbocycles. The van der Waals surface area contributed by atoms with Crippen LogP contribution in [0.15, 0.2) is 61.1 Å². The van der Waals surface area contributed by atoms with Crippen LogP contribution in [0.1, 0.15) is 45.1 Å². The topological polar surface area (TPSA) is 62.7 Å². The van der Waals surface area contributed by atoms with Crippen molar-refractivity contribution in [3.05, 3.63) is 66.9 Å². The summed E-state index contributed by atoms with van der Waals surface area (Å²) in [6, 6.07) is 15.4. The van der Waals surface area contributed by atoms with Crippen LogP contribution in [-0.2, 0) is 4.79 Å². The maximum Gasteiger partial charge on any atom is 0.223 e. The van der Waals surface area contributed by atoms with Gasteiger partial charge in [-0.05, 0) is 74.4 Å². The number of nitrogens with one attached hydrogen (secondary N) is 2. The molecule has 0 spiro atoms. The number of carbonyl (C=O) groups is 1. The number of aromatic amines is 1. The van der Waals surface area contributed by atoms with Gasteiger partial charge in [0.2, 0.25) is 5.91 Å². The summed E-state index contributed by atoms with van der Waals surface area (Å²) in [6.45, 7) is 2.13. The predicted molar refractivity (Wildman–Crippen MR) is 127 cm³/mol. The van der Waals surface area contributed by atoms with Crippen LogP contribution in [0.5, 0.6) is 0 Å². The second kappa shape index (κ2) is 7.58. The molecule has 1 amide bonds. The minimum absolute atomic E-state index is 0.0379. The van der Waals surface area contributed by atoms with Crippen LogP contribution >= 0.6 is 0 Å². The monoisotopic (exact) mass is 442 g/mol. The zero-order valence-electron chi connectivity index (χ0n) is 18.6. The first-order valence-electron chi connectivity index (χ1n) is 11.7. The molecule has 0 aliphatic heterocycles. The Hall–Kier alpha value is -3.41. The number of hydrogen-bond donors (Lipinski definition) is 2. The number of carbonyl (C=O) groups excluding carboxylic acids is 1. The molecule has 5 nitrogen and oxygen atoms in total. The molecule has 2 aliphatic rings. The fraction of sp³-hybridized carbons (Fsp3) is 0.333. The lowest BCUT2D eigenvalue weighted by atomic mass is 10.1. The van der Waals surface area contributed by atoms with Crippen molar-refractivity contribution in [2.45, 2.75) is 50.6 Å². The first-order valence-corrected chi connectivity index (χ1v) is 11.7. The molecule has 2 aliphatic carbocycles. The van der Waals surface area contributed by atoms with Crippen LogP contribution in [0.2, 0.25) is 0 Å². The number of H-pyrrole nitrogens is 1. The molecule has 2 aromatic heterocycles. The van der Waals surface area contributed by atoms with Crippen LogP contribution in [-0.4, -0.2) is 26.0 Å². The first kappa shape index (κ1) is 20.2. The Morgan fingerprint density at radius 2 is 1.91 bits per heavy atom. The number of nitrogens with zero attached hydrogens (tertiary/aromatic N) is 2. The molecule has 2 fully saturated rings. The number of rotatable bonds is 5. The number of hydrogen-bond acceptors (Lipinski definition) is 2. The van der Waals surface area contributed by atoms with Crippen molar-refractivity contribution in [3.63, 3.8) is 0 Å². The maximum absolute atomic E-state index is 13.5. The summed E-state index contributed by atoms with van der Waals surface area (Å²) in [4.78, 5) is 20.5. The third kappa shape index (κ3) is 3.84. The molecule has 2 heterocycles. The molecule has 0 radical (unpaired) electrons. The zero-order valence-corrected chi connectivity index (χ0v) is 18.6. The molecule has 6 heteroatoms. The Labute approximate surface area is 192 Å². The molecule has 2 atom stereocenters. The van der Waals surface area contributed by atoms with Gasteiger partial charge < -0.3 is 14.9 Å². The highest BCUT2D eigenvalue weighted by Gasteiger charge is 2.41. The zero-order chi connectivity index (χ0) is 22.6. The van der Waals surface area contributed by atoms with Gasteiger partial charge >= 0.3 is 0 Å². The van der Waals surface area contributed by atoms with Gasteiger partial charge in [-0.1, -0.05) is 24.3 Å². The van der Waals surface area contributed by atoms with Gasteiger partial charge in [0.25, 0.3) is 0 Å². The number of amides is 1. The number of fused-ring (bicyclic) bond motifs is 1. The van der Waals surface area contributed by atoms with Gasteiger partial charge in [0.1, 0.15) is 5.82 Å². The molecule has 2 aromatic carbocycles. The quantitative estimate of drug-likeness (QED) is 0.407. The SMILES string of the molecule is CC1(NC(=O)[C@H]2CCC(n3cncc3-c3ccc(-c4cc5cc(F)ccc5[nH]4)cc3)C2)CC1. The van der Waals surface area contributed by atoms with Gasteiger partial charge in [-0.3, -0.25) is 4.79 Å². The van der Waals surface area contributed by atoms with Crippen LogP contribution in [0.3, 0.4) is 0 Å². The lowest BCUT2D eigenvalue weighted by Crippen LogP contribution is -2.38. The van der Waals surface area contributed by atoms with E-state index in [0.29, 0.717) is 0 Å². The Balaban J connectivity index is 1.20. The van der Waals surface area contributed by atoms with Gasteiger partial charge in [0.15, 0.2) is 0 Å². The smallest absolute Gasteiger partial charge is 0.223 e. The second-order valence-corrected chi connectivity index (χ2v) is 9.89. The van der Waals surface area contributed by atoms with Crippen LogP contribution in [0.25, 0.3) is 33.4 Å². The predicted octanol–water partition coefficient (Wildman–Crippen LogP) is 5.85. The van der Waals surface area contributed by atoms with Crippen molar-refractivity contribution >= 4 is 16.8 Å². The largest absolute Gasteiger partial charge is 0.355 e. The average molecular weight is 443 g/mol. The van der Waals surface area contributed by atoms with Crippen molar-refractivity contribution in [1.82, 2.24) is 19.9 Å². The highest BCUT2D eigenvalue weighted by Crippen LogP contribution is 2.40. The molecule has 4 aromatic rings. The Bertz CT molecular complexity index is 1330. The van der Waals surface area contributed by atoms with Gasteiger partial charge in [-0.15, -0.1) is 0 Å². The maximum atomic E-state index is 13.5. The molecule has 1 unspecified atom stereocenters. The summed E-state index contributed by atoms with van der Waals surface area (Å²) in [7, 11) is 0. The Kier molecular flexibility index (Phi) is 4.64. The van der Waals surface area contributed by atoms with Gasteiger partial charge in [0, 0.05) is 34.1 Å². The van der Waals surface area contributed by atoms with E-state index in [2.05, 4.69) is 51.0 Å². The molecular weight excluding hydrogens is 415 g/mol. The van der Waals surface area contributed by atoms with E-state index >= 15 is 0 Å². The molecule has 33 heavy (non-hydrogen) atoms. The van der Waals surface area contributed by atoms with Gasteiger partial charge in [0.05, 0.1) is 18.2 Å². The first-order chi connectivity index (χ1) is 16.0. The lowest BCUT2D eigenvalue weighted by molar-refractivity contribution is -0.125. The van der Waals surface area contributed by atoms with Gasteiger partial charge in [-0.25, -0.2) is 9.37 Å². The number of benzene rings is 2. The van der Waals surface area contributed by atoms with E-state index in [9.17, 15) is 9.18 Å². The van der Waals surface area contributed by atoms with Crippen molar-refractivity contribution < 1.29 is 9.18 Å². The lowest BCUT2D eigenvalue weighted by Gasteiger charge is -2.18. The molecule has 0 bridgehead atoms. The molecular formula is C27H27FN4O. The van der Waals surface area contributed by atoms with E-state index in [1.807, 2.05) is 18.6 Å². The van der Waals surface area contributed by atoms with Crippen molar-refractivity contribution in [2.24, 2.45) is 5.92 Å². The highest BCUT2D eigenvalue weighted by molar-refractivity contribution is 5.86. The van der Waals surface area contributed by atoms with E-state index < -0.39 is 0 Å². The van der Waals surface area contributed by atoms with Crippen molar-refractivity contribution in [2.75, 3.05) is 0 Å². The summed E-state index contributed by atoms with van der Waals surface area (Å²) in [5.41, 5.74) is 5.13. The van der Waals surface area contributed by atoms with Crippen molar-refractivity contribution in [3.8, 4) is 22.5 Å². The summed E-state index contributed by atoms with van der Waals surface area (Å²) in [5.74, 6) is 0.0589. The van der Waals surface area contributed by atoms with E-state index in [0.717, 1.165) is 65.5 Å². The van der Waals surface area contributed by atoms with Crippen molar-refractivity contribution in [1.29, 1.82) is 0 Å². The fourth-order valence-electron chi connectivity index (χ4n) is 5.06. The second-order valence-electron chi connectivity index (χ2n) is 9.89.